The topological polar surface area (TPSA) is 118 Å². The number of hydrogen-bond acceptors (Lipinski definition) is 5. The number of nitro benzene ring substituents is 1. The van der Waals surface area contributed by atoms with E-state index in [1.807, 2.05) is 0 Å². The first-order valence-corrected chi connectivity index (χ1v) is 8.17. The Kier molecular flexibility index (Phi) is 4.30. The molecule has 1 aromatic carbocycles. The summed E-state index contributed by atoms with van der Waals surface area (Å²) in [4.78, 5) is 20.8. The van der Waals surface area contributed by atoms with E-state index in [1.165, 1.54) is 6.07 Å². The van der Waals surface area contributed by atoms with Crippen LogP contribution < -0.4 is 0 Å². The molecule has 1 unspecified atom stereocenters. The molecule has 0 saturated carbocycles. The summed E-state index contributed by atoms with van der Waals surface area (Å²) in [5.74, 6) is -1.26. The van der Waals surface area contributed by atoms with Gasteiger partial charge in [-0.25, -0.2) is 8.42 Å². The van der Waals surface area contributed by atoms with Gasteiger partial charge < -0.3 is 5.11 Å². The predicted molar refractivity (Wildman–Crippen MR) is 75.3 cm³/mol. The molecule has 0 bridgehead atoms. The molecular weight excluding hydrogens is 368 g/mol. The van der Waals surface area contributed by atoms with E-state index in [-0.39, 0.29) is 13.0 Å². The molecule has 0 spiro atoms. The summed E-state index contributed by atoms with van der Waals surface area (Å²) in [6, 6.07) is 2.36. The third-order valence-electron chi connectivity index (χ3n) is 3.19. The molecule has 1 saturated heterocycles. The standard InChI is InChI=1S/C11H11BrN2O6S/c12-7-3-4-8(14(17)18)10(6-7)21(19,20)13-5-1-2-9(13)11(15)16/h3-4,6,9H,1-2,5H2,(H,15,16). The SMILES string of the molecule is O=C(O)C1CCCN1S(=O)(=O)c1cc(Br)ccc1[N+](=O)[O-]. The molecule has 0 aromatic heterocycles. The van der Waals surface area contributed by atoms with E-state index in [0.717, 1.165) is 16.4 Å². The van der Waals surface area contributed by atoms with Gasteiger partial charge in [-0.15, -0.1) is 0 Å². The minimum absolute atomic E-state index is 0.0307. The lowest BCUT2D eigenvalue weighted by atomic mass is 10.2. The molecule has 1 aromatic rings. The van der Waals surface area contributed by atoms with Crippen molar-refractivity contribution in [2.24, 2.45) is 0 Å². The van der Waals surface area contributed by atoms with Gasteiger partial charge in [-0.1, -0.05) is 15.9 Å². The number of halogens is 1. The van der Waals surface area contributed by atoms with Crippen LogP contribution in [0, 0.1) is 10.1 Å². The van der Waals surface area contributed by atoms with Crippen LogP contribution in [0.1, 0.15) is 12.8 Å². The van der Waals surface area contributed by atoms with E-state index in [9.17, 15) is 23.3 Å². The number of carboxylic acids is 1. The van der Waals surface area contributed by atoms with E-state index in [1.54, 1.807) is 0 Å². The molecule has 1 fully saturated rings. The third-order valence-corrected chi connectivity index (χ3v) is 5.62. The Morgan fingerprint density at radius 2 is 2.14 bits per heavy atom. The van der Waals surface area contributed by atoms with Gasteiger partial charge in [0, 0.05) is 17.1 Å². The lowest BCUT2D eigenvalue weighted by molar-refractivity contribution is -0.387. The highest BCUT2D eigenvalue weighted by Crippen LogP contribution is 2.33. The van der Waals surface area contributed by atoms with Crippen LogP contribution in [0.3, 0.4) is 0 Å². The Labute approximate surface area is 128 Å². The van der Waals surface area contributed by atoms with Crippen molar-refractivity contribution in [3.05, 3.63) is 32.8 Å². The Balaban J connectivity index is 2.56. The molecule has 8 nitrogen and oxygen atoms in total. The van der Waals surface area contributed by atoms with Gasteiger partial charge in [0.05, 0.1) is 4.92 Å². The zero-order chi connectivity index (χ0) is 15.8. The van der Waals surface area contributed by atoms with E-state index >= 15 is 0 Å². The fraction of sp³-hybridized carbons (Fsp3) is 0.364. The summed E-state index contributed by atoms with van der Waals surface area (Å²) >= 11 is 3.07. The van der Waals surface area contributed by atoms with E-state index in [4.69, 9.17) is 5.11 Å². The summed E-state index contributed by atoms with van der Waals surface area (Å²) in [5.41, 5.74) is -0.575. The van der Waals surface area contributed by atoms with Crippen molar-refractivity contribution in [2.75, 3.05) is 6.54 Å². The molecule has 21 heavy (non-hydrogen) atoms. The number of nitrogens with zero attached hydrogens (tertiary/aromatic N) is 2. The van der Waals surface area contributed by atoms with Gasteiger partial charge in [0.25, 0.3) is 15.7 Å². The first-order chi connectivity index (χ1) is 9.75. The molecule has 0 amide bonds. The zero-order valence-electron chi connectivity index (χ0n) is 10.6. The smallest absolute Gasteiger partial charge is 0.322 e. The van der Waals surface area contributed by atoms with E-state index in [2.05, 4.69) is 15.9 Å². The molecule has 1 aliphatic rings. The van der Waals surface area contributed by atoms with Gasteiger partial charge in [-0.05, 0) is 25.0 Å². The molecule has 10 heteroatoms. The van der Waals surface area contributed by atoms with E-state index in [0.29, 0.717) is 10.9 Å². The summed E-state index contributed by atoms with van der Waals surface area (Å²) in [6.07, 6.45) is 0.592. The number of rotatable bonds is 4. The van der Waals surface area contributed by atoms with Crippen LogP contribution in [0.2, 0.25) is 0 Å². The lowest BCUT2D eigenvalue weighted by Crippen LogP contribution is -2.40. The van der Waals surface area contributed by atoms with Gasteiger partial charge in [0.2, 0.25) is 0 Å². The molecule has 0 aliphatic carbocycles. The van der Waals surface area contributed by atoms with Crippen molar-refractivity contribution in [2.45, 2.75) is 23.8 Å². The number of aliphatic carboxylic acids is 1. The van der Waals surface area contributed by atoms with Crippen LogP contribution in [0.25, 0.3) is 0 Å². The minimum atomic E-state index is -4.25. The van der Waals surface area contributed by atoms with Crippen molar-refractivity contribution in [3.63, 3.8) is 0 Å². The molecule has 2 rings (SSSR count). The fourth-order valence-corrected chi connectivity index (χ4v) is 4.59. The highest BCUT2D eigenvalue weighted by molar-refractivity contribution is 9.10. The molecule has 1 aliphatic heterocycles. The molecule has 114 valence electrons. The summed E-state index contributed by atoms with van der Waals surface area (Å²) in [7, 11) is -4.25. The maximum Gasteiger partial charge on any atom is 0.322 e. The first kappa shape index (κ1) is 15.9. The van der Waals surface area contributed by atoms with Crippen molar-refractivity contribution < 1.29 is 23.2 Å². The Hall–Kier alpha value is -1.52. The molecular formula is C11H11BrN2O6S. The maximum absolute atomic E-state index is 12.6. The molecule has 1 N–H and O–H groups in total. The van der Waals surface area contributed by atoms with Crippen LogP contribution in [0.5, 0.6) is 0 Å². The highest BCUT2D eigenvalue weighted by atomic mass is 79.9. The van der Waals surface area contributed by atoms with Gasteiger partial charge in [0.1, 0.15) is 6.04 Å². The number of nitro groups is 1. The Bertz CT molecular complexity index is 705. The normalized spacial score (nSPS) is 19.6. The summed E-state index contributed by atoms with van der Waals surface area (Å²) in [6.45, 7) is 0.0307. The fourth-order valence-electron chi connectivity index (χ4n) is 2.25. The Morgan fingerprint density at radius 1 is 1.48 bits per heavy atom. The largest absolute Gasteiger partial charge is 0.480 e. The molecule has 1 heterocycles. The molecule has 1 atom stereocenters. The zero-order valence-corrected chi connectivity index (χ0v) is 13.0. The highest BCUT2D eigenvalue weighted by Gasteiger charge is 2.42. The second kappa shape index (κ2) is 5.70. The van der Waals surface area contributed by atoms with Crippen molar-refractivity contribution in [1.29, 1.82) is 0 Å². The van der Waals surface area contributed by atoms with Crippen molar-refractivity contribution in [3.8, 4) is 0 Å². The Morgan fingerprint density at radius 3 is 2.71 bits per heavy atom. The quantitative estimate of drug-likeness (QED) is 0.627. The van der Waals surface area contributed by atoms with Crippen LogP contribution >= 0.6 is 15.9 Å². The predicted octanol–water partition coefficient (Wildman–Crippen LogP) is 1.59. The second-order valence-electron chi connectivity index (χ2n) is 4.48. The van der Waals surface area contributed by atoms with Crippen molar-refractivity contribution in [1.82, 2.24) is 4.31 Å². The van der Waals surface area contributed by atoms with Crippen LogP contribution in [-0.4, -0.2) is 41.3 Å². The van der Waals surface area contributed by atoms with Crippen LogP contribution in [0.15, 0.2) is 27.6 Å². The summed E-state index contributed by atoms with van der Waals surface area (Å²) < 4.78 is 26.3. The average Bonchev–Trinajstić information content (AvgIpc) is 2.88. The number of sulfonamides is 1. The third kappa shape index (κ3) is 2.92. The van der Waals surface area contributed by atoms with Crippen LogP contribution in [0.4, 0.5) is 5.69 Å². The van der Waals surface area contributed by atoms with Gasteiger partial charge in [0.15, 0.2) is 4.90 Å². The summed E-state index contributed by atoms with van der Waals surface area (Å²) in [5, 5.41) is 20.1. The number of carboxylic acid groups (broad SMARTS) is 1. The average molecular weight is 379 g/mol. The monoisotopic (exact) mass is 378 g/mol. The number of hydrogen-bond donors (Lipinski definition) is 1. The van der Waals surface area contributed by atoms with Gasteiger partial charge >= 0.3 is 5.97 Å². The van der Waals surface area contributed by atoms with Gasteiger partial charge in [-0.3, -0.25) is 14.9 Å². The number of benzene rings is 1. The maximum atomic E-state index is 12.6. The molecule has 0 radical (unpaired) electrons. The second-order valence-corrected chi connectivity index (χ2v) is 7.26. The van der Waals surface area contributed by atoms with E-state index < -0.39 is 37.5 Å². The minimum Gasteiger partial charge on any atom is -0.480 e. The van der Waals surface area contributed by atoms with Gasteiger partial charge in [-0.2, -0.15) is 4.31 Å². The van der Waals surface area contributed by atoms with Crippen LogP contribution in [-0.2, 0) is 14.8 Å². The van der Waals surface area contributed by atoms with Crippen molar-refractivity contribution >= 4 is 37.6 Å². The number of carbonyl (C=O) groups is 1. The lowest BCUT2D eigenvalue weighted by Gasteiger charge is -2.20. The first-order valence-electron chi connectivity index (χ1n) is 5.93.